The monoisotopic (exact) mass is 123 g/mol. The van der Waals surface area contributed by atoms with Crippen molar-refractivity contribution < 1.29 is 14.6 Å². The second-order valence-corrected chi connectivity index (χ2v) is 2.39. The fourth-order valence-corrected chi connectivity index (χ4v) is 0.469. The van der Waals surface area contributed by atoms with E-state index in [1.54, 1.807) is 6.92 Å². The van der Waals surface area contributed by atoms with E-state index in [4.69, 9.17) is 10.00 Å². The molecule has 0 aliphatic heterocycles. The molecule has 0 fully saturated rings. The van der Waals surface area contributed by atoms with Crippen LogP contribution in [0.1, 0.15) is 13.3 Å². The molecule has 0 spiro atoms. The van der Waals surface area contributed by atoms with E-state index in [-0.39, 0.29) is 0 Å². The van der Waals surface area contributed by atoms with Crippen molar-refractivity contribution in [2.24, 2.45) is 0 Å². The molecule has 2 atom stereocenters. The highest BCUT2D eigenvalue weighted by Gasteiger charge is 2.22. The summed E-state index contributed by atoms with van der Waals surface area (Å²) in [5.41, 5.74) is 0. The molecule has 2 N–H and O–H groups in total. The van der Waals surface area contributed by atoms with Gasteiger partial charge in [-0.15, -0.1) is 0 Å². The largest absolute Gasteiger partial charge is 0.537 e. The molecule has 7 heavy (non-hydrogen) atoms. The van der Waals surface area contributed by atoms with Gasteiger partial charge in [0.25, 0.3) is 5.85 Å². The molecule has 2 unspecified atom stereocenters. The second kappa shape index (κ2) is 3.08. The second-order valence-electron chi connectivity index (χ2n) is 1.19. The zero-order chi connectivity index (χ0) is 5.86. The van der Waals surface area contributed by atoms with Gasteiger partial charge >= 0.3 is 8.03 Å². The van der Waals surface area contributed by atoms with E-state index in [0.717, 1.165) is 0 Å². The summed E-state index contributed by atoms with van der Waals surface area (Å²) in [6, 6.07) is 0. The molecule has 0 aromatic rings. The highest BCUT2D eigenvalue weighted by molar-refractivity contribution is 7.38. The van der Waals surface area contributed by atoms with E-state index in [1.165, 1.54) is 0 Å². The van der Waals surface area contributed by atoms with Gasteiger partial charge in [0.15, 0.2) is 0 Å². The molecule has 0 aromatic carbocycles. The predicted molar refractivity (Wildman–Crippen MR) is 26.1 cm³/mol. The predicted octanol–water partition coefficient (Wildman–Crippen LogP) is 0.450. The molecule has 4 heteroatoms. The maximum Gasteiger partial charge on any atom is 0.537 e. The molecular formula is C3H8O3P+. The van der Waals surface area contributed by atoms with Crippen molar-refractivity contribution in [1.29, 1.82) is 0 Å². The lowest BCUT2D eigenvalue weighted by atomic mass is 10.5. The van der Waals surface area contributed by atoms with Crippen molar-refractivity contribution >= 4 is 8.03 Å². The summed E-state index contributed by atoms with van der Waals surface area (Å²) in [6.07, 6.45) is 0.339. The van der Waals surface area contributed by atoms with Crippen LogP contribution in [0.3, 0.4) is 0 Å². The van der Waals surface area contributed by atoms with Crippen molar-refractivity contribution in [3.8, 4) is 0 Å². The van der Waals surface area contributed by atoms with Crippen molar-refractivity contribution in [2.75, 3.05) is 0 Å². The van der Waals surface area contributed by atoms with Crippen LogP contribution in [0.25, 0.3) is 0 Å². The van der Waals surface area contributed by atoms with Crippen LogP contribution in [0.5, 0.6) is 0 Å². The quantitative estimate of drug-likeness (QED) is 0.524. The van der Waals surface area contributed by atoms with Gasteiger partial charge in [0.1, 0.15) is 0 Å². The molecule has 0 amide bonds. The molecule has 0 heterocycles. The summed E-state index contributed by atoms with van der Waals surface area (Å²) in [4.78, 5) is 8.08. The fourth-order valence-electron chi connectivity index (χ4n) is 0.156. The van der Waals surface area contributed by atoms with Crippen LogP contribution in [0.15, 0.2) is 0 Å². The Labute approximate surface area is 42.8 Å². The number of rotatable bonds is 2. The standard InChI is InChI=1S/C3H7O3P/c1-2-3(4)7(5)6/h3-4H,2H2,1H3/p+1. The zero-order valence-electron chi connectivity index (χ0n) is 4.03. The van der Waals surface area contributed by atoms with Crippen molar-refractivity contribution in [1.82, 2.24) is 0 Å². The maximum absolute atomic E-state index is 9.83. The van der Waals surface area contributed by atoms with Crippen LogP contribution in [0.2, 0.25) is 0 Å². The first kappa shape index (κ1) is 7.02. The third kappa shape index (κ3) is 2.68. The van der Waals surface area contributed by atoms with Crippen LogP contribution in [0.4, 0.5) is 0 Å². The molecule has 0 aromatic heterocycles. The SMILES string of the molecule is CCC(O)[P+](=O)O. The minimum absolute atomic E-state index is 0.339. The highest BCUT2D eigenvalue weighted by atomic mass is 31.1. The smallest absolute Gasteiger partial charge is 0.349 e. The Hall–Kier alpha value is 0.0200. The summed E-state index contributed by atoms with van der Waals surface area (Å²) in [6.45, 7) is 1.65. The molecule has 0 saturated heterocycles. The van der Waals surface area contributed by atoms with Gasteiger partial charge in [0, 0.05) is 6.42 Å². The van der Waals surface area contributed by atoms with Crippen LogP contribution >= 0.6 is 8.03 Å². The zero-order valence-corrected chi connectivity index (χ0v) is 4.93. The lowest BCUT2D eigenvalue weighted by Crippen LogP contribution is -1.95. The van der Waals surface area contributed by atoms with Gasteiger partial charge in [-0.1, -0.05) is 6.92 Å². The van der Waals surface area contributed by atoms with E-state index >= 15 is 0 Å². The van der Waals surface area contributed by atoms with Gasteiger partial charge < -0.3 is 5.11 Å². The van der Waals surface area contributed by atoms with Crippen LogP contribution in [0, 0.1) is 0 Å². The fraction of sp³-hybridized carbons (Fsp3) is 1.00. The number of hydrogen-bond acceptors (Lipinski definition) is 2. The number of aliphatic hydroxyl groups excluding tert-OH is 1. The average molecular weight is 123 g/mol. The van der Waals surface area contributed by atoms with Gasteiger partial charge in [-0.2, -0.15) is 4.89 Å². The molecule has 0 radical (unpaired) electrons. The Balaban J connectivity index is 3.34. The van der Waals surface area contributed by atoms with Gasteiger partial charge in [0.05, 0.1) is 0 Å². The Morgan fingerprint density at radius 1 is 1.86 bits per heavy atom. The van der Waals surface area contributed by atoms with E-state index in [9.17, 15) is 4.57 Å². The first-order chi connectivity index (χ1) is 3.18. The summed E-state index contributed by atoms with van der Waals surface area (Å²) in [5.74, 6) is -1.03. The Kier molecular flexibility index (Phi) is 3.09. The molecule has 0 saturated carbocycles. The highest BCUT2D eigenvalue weighted by Crippen LogP contribution is 2.21. The molecule has 0 aliphatic rings. The first-order valence-electron chi connectivity index (χ1n) is 2.01. The van der Waals surface area contributed by atoms with E-state index in [0.29, 0.717) is 6.42 Å². The summed E-state index contributed by atoms with van der Waals surface area (Å²) in [5, 5.41) is 8.40. The molecule has 0 aliphatic carbocycles. The van der Waals surface area contributed by atoms with Crippen molar-refractivity contribution in [3.63, 3.8) is 0 Å². The Bertz CT molecular complexity index is 72.6. The van der Waals surface area contributed by atoms with E-state index in [1.807, 2.05) is 0 Å². The molecule has 42 valence electrons. The van der Waals surface area contributed by atoms with Gasteiger partial charge in [-0.25, -0.2) is 0 Å². The lowest BCUT2D eigenvalue weighted by Gasteiger charge is -1.83. The molecule has 3 nitrogen and oxygen atoms in total. The number of hydrogen-bond donors (Lipinski definition) is 2. The van der Waals surface area contributed by atoms with E-state index in [2.05, 4.69) is 0 Å². The van der Waals surface area contributed by atoms with Crippen LogP contribution in [-0.4, -0.2) is 15.8 Å². The normalized spacial score (nSPS) is 16.1. The summed E-state index contributed by atoms with van der Waals surface area (Å²) < 4.78 is 9.83. The van der Waals surface area contributed by atoms with Crippen molar-refractivity contribution in [3.05, 3.63) is 0 Å². The average Bonchev–Trinajstić information content (AvgIpc) is 1.65. The number of aliphatic hydroxyl groups is 1. The molecule has 0 bridgehead atoms. The Morgan fingerprint density at radius 3 is 2.29 bits per heavy atom. The minimum atomic E-state index is -2.36. The molecular weight excluding hydrogens is 115 g/mol. The molecule has 0 rings (SSSR count). The third-order valence-electron chi connectivity index (χ3n) is 0.620. The van der Waals surface area contributed by atoms with E-state index < -0.39 is 13.9 Å². The Morgan fingerprint density at radius 2 is 2.29 bits per heavy atom. The third-order valence-corrected chi connectivity index (χ3v) is 1.50. The minimum Gasteiger partial charge on any atom is -0.349 e. The van der Waals surface area contributed by atoms with Crippen molar-refractivity contribution in [2.45, 2.75) is 19.2 Å². The maximum atomic E-state index is 9.83. The van der Waals surface area contributed by atoms with Gasteiger partial charge in [0.2, 0.25) is 0 Å². The lowest BCUT2D eigenvalue weighted by molar-refractivity contribution is 0.234. The van der Waals surface area contributed by atoms with Crippen LogP contribution in [-0.2, 0) is 4.57 Å². The topological polar surface area (TPSA) is 57.5 Å². The summed E-state index contributed by atoms with van der Waals surface area (Å²) in [7, 11) is -2.36. The van der Waals surface area contributed by atoms with Gasteiger partial charge in [-0.3, -0.25) is 0 Å². The van der Waals surface area contributed by atoms with Gasteiger partial charge in [-0.05, 0) is 4.57 Å². The summed E-state index contributed by atoms with van der Waals surface area (Å²) >= 11 is 0. The van der Waals surface area contributed by atoms with Crippen LogP contribution < -0.4 is 0 Å². The first-order valence-corrected chi connectivity index (χ1v) is 3.30.